The number of ether oxygens (including phenoxy) is 3. The van der Waals surface area contributed by atoms with Gasteiger partial charge in [-0.2, -0.15) is 5.10 Å². The van der Waals surface area contributed by atoms with E-state index in [1.54, 1.807) is 24.3 Å². The number of carbonyl (C=O) groups is 3. The first-order chi connectivity index (χ1) is 19.6. The van der Waals surface area contributed by atoms with Crippen molar-refractivity contribution >= 4 is 69.8 Å². The number of carboxylic acid groups (broad SMARTS) is 1. The summed E-state index contributed by atoms with van der Waals surface area (Å²) in [7, 11) is 1.42. The van der Waals surface area contributed by atoms with Gasteiger partial charge in [0.1, 0.15) is 11.8 Å². The summed E-state index contributed by atoms with van der Waals surface area (Å²) in [6.45, 7) is 1.01. The molecule has 0 bridgehead atoms. The molecule has 3 rings (SSSR count). The predicted molar refractivity (Wildman–Crippen MR) is 163 cm³/mol. The number of amides is 2. The first-order valence-corrected chi connectivity index (χ1v) is 13.9. The highest BCUT2D eigenvalue weighted by molar-refractivity contribution is 14.1. The summed E-state index contributed by atoms with van der Waals surface area (Å²) in [4.78, 5) is 37.0. The van der Waals surface area contributed by atoms with Gasteiger partial charge in [0.2, 0.25) is 0 Å². The van der Waals surface area contributed by atoms with Gasteiger partial charge in [-0.1, -0.05) is 53.5 Å². The Hall–Kier alpha value is -3.55. The molecule has 0 heterocycles. The lowest BCUT2D eigenvalue weighted by molar-refractivity contribution is -0.139. The van der Waals surface area contributed by atoms with Crippen molar-refractivity contribution in [1.29, 1.82) is 0 Å². The number of benzene rings is 3. The van der Waals surface area contributed by atoms with E-state index in [2.05, 4.69) is 15.8 Å². The van der Waals surface area contributed by atoms with Gasteiger partial charge in [0.15, 0.2) is 24.2 Å². The molecule has 0 aliphatic carbocycles. The number of carbonyl (C=O) groups excluding carboxylic acids is 2. The normalized spacial score (nSPS) is 12.3. The molecule has 2 amide bonds. The molecule has 0 spiro atoms. The molecule has 13 heteroatoms. The summed E-state index contributed by atoms with van der Waals surface area (Å²) >= 11 is 14.1. The van der Waals surface area contributed by atoms with Crippen LogP contribution in [0.3, 0.4) is 0 Å². The summed E-state index contributed by atoms with van der Waals surface area (Å²) in [5.41, 5.74) is 3.84. The van der Waals surface area contributed by atoms with Crippen LogP contribution in [0.1, 0.15) is 18.1 Å². The Bertz CT molecular complexity index is 1420. The van der Waals surface area contributed by atoms with Gasteiger partial charge in [-0.25, -0.2) is 10.2 Å². The minimum absolute atomic E-state index is 0.198. The minimum Gasteiger partial charge on any atom is -0.493 e. The zero-order valence-electron chi connectivity index (χ0n) is 21.9. The number of carboxylic acids is 1. The molecule has 0 aromatic heterocycles. The number of rotatable bonds is 13. The Morgan fingerprint density at radius 2 is 1.78 bits per heavy atom. The van der Waals surface area contributed by atoms with Gasteiger partial charge in [-0.15, -0.1) is 0 Å². The first kappa shape index (κ1) is 32.0. The molecule has 0 radical (unpaired) electrons. The molecule has 216 valence electrons. The molecule has 3 aromatic carbocycles. The summed E-state index contributed by atoms with van der Waals surface area (Å²) < 4.78 is 16.9. The van der Waals surface area contributed by atoms with E-state index >= 15 is 0 Å². The van der Waals surface area contributed by atoms with Crippen LogP contribution in [0, 0.1) is 3.57 Å². The topological polar surface area (TPSA) is 136 Å². The Morgan fingerprint density at radius 3 is 2.44 bits per heavy atom. The smallest absolute Gasteiger partial charge is 0.341 e. The summed E-state index contributed by atoms with van der Waals surface area (Å²) in [5.74, 6) is -1.36. The van der Waals surface area contributed by atoms with Gasteiger partial charge in [-0.05, 0) is 71.0 Å². The quantitative estimate of drug-likeness (QED) is 0.133. The fraction of sp³-hybridized carbons (Fsp3) is 0.214. The molecule has 0 aliphatic heterocycles. The van der Waals surface area contributed by atoms with Gasteiger partial charge in [0.05, 0.1) is 21.9 Å². The van der Waals surface area contributed by atoms with Crippen molar-refractivity contribution in [3.8, 4) is 17.2 Å². The molecule has 3 aromatic rings. The van der Waals surface area contributed by atoms with E-state index in [-0.39, 0.29) is 22.9 Å². The van der Waals surface area contributed by atoms with Gasteiger partial charge >= 0.3 is 5.97 Å². The predicted octanol–water partition coefficient (Wildman–Crippen LogP) is 4.72. The fourth-order valence-corrected chi connectivity index (χ4v) is 4.73. The van der Waals surface area contributed by atoms with E-state index in [9.17, 15) is 14.4 Å². The van der Waals surface area contributed by atoms with Crippen molar-refractivity contribution in [2.75, 3.05) is 13.7 Å². The molecule has 10 nitrogen and oxygen atoms in total. The Kier molecular flexibility index (Phi) is 12.0. The molecule has 0 saturated carbocycles. The lowest BCUT2D eigenvalue weighted by Gasteiger charge is -2.21. The van der Waals surface area contributed by atoms with Gasteiger partial charge in [-0.3, -0.25) is 9.59 Å². The number of nitrogens with one attached hydrogen (secondary N) is 2. The van der Waals surface area contributed by atoms with Crippen LogP contribution in [0.2, 0.25) is 10.0 Å². The first-order valence-electron chi connectivity index (χ1n) is 12.1. The molecule has 0 saturated heterocycles. The van der Waals surface area contributed by atoms with Gasteiger partial charge < -0.3 is 24.6 Å². The van der Waals surface area contributed by atoms with E-state index in [0.29, 0.717) is 19.9 Å². The summed E-state index contributed by atoms with van der Waals surface area (Å²) in [6, 6.07) is 16.1. The number of aliphatic carboxylic acids is 1. The monoisotopic (exact) mass is 713 g/mol. The van der Waals surface area contributed by atoms with Crippen LogP contribution >= 0.6 is 45.8 Å². The van der Waals surface area contributed by atoms with E-state index in [1.165, 1.54) is 26.3 Å². The van der Waals surface area contributed by atoms with E-state index in [4.69, 9.17) is 42.5 Å². The van der Waals surface area contributed by atoms with E-state index < -0.39 is 36.5 Å². The number of halogens is 3. The number of hydrogen-bond donors (Lipinski definition) is 3. The van der Waals surface area contributed by atoms with Gasteiger partial charge in [0, 0.05) is 11.4 Å². The highest BCUT2D eigenvalue weighted by atomic mass is 127. The molecular weight excluding hydrogens is 688 g/mol. The maximum atomic E-state index is 13.1. The van der Waals surface area contributed by atoms with Crippen LogP contribution in [-0.4, -0.2) is 55.0 Å². The maximum absolute atomic E-state index is 13.1. The van der Waals surface area contributed by atoms with Crippen molar-refractivity contribution in [1.82, 2.24) is 10.7 Å². The average molecular weight is 714 g/mol. The minimum atomic E-state index is -1.12. The largest absolute Gasteiger partial charge is 0.493 e. The third-order valence-electron chi connectivity index (χ3n) is 5.46. The Morgan fingerprint density at radius 1 is 1.05 bits per heavy atom. The van der Waals surface area contributed by atoms with Crippen LogP contribution in [-0.2, 0) is 20.8 Å². The SMILES string of the molecule is COc1cc(/C=N\NC(=O)[C@H](Cc2ccccc2)NC(=O)[C@@H](C)Oc2ccc(Cl)cc2Cl)cc(I)c1OCC(=O)O. The summed E-state index contributed by atoms with van der Waals surface area (Å²) in [6.07, 6.45) is 0.614. The van der Waals surface area contributed by atoms with Crippen LogP contribution in [0.4, 0.5) is 0 Å². The number of hydrogen-bond acceptors (Lipinski definition) is 7. The second-order valence-electron chi connectivity index (χ2n) is 8.54. The van der Waals surface area contributed by atoms with Crippen LogP contribution in [0.5, 0.6) is 17.2 Å². The fourth-order valence-electron chi connectivity index (χ4n) is 3.50. The van der Waals surface area contributed by atoms with Crippen molar-refractivity contribution in [3.63, 3.8) is 0 Å². The average Bonchev–Trinajstić information content (AvgIpc) is 2.93. The molecule has 0 unspecified atom stereocenters. The molecule has 0 aliphatic rings. The lowest BCUT2D eigenvalue weighted by atomic mass is 10.1. The van der Waals surface area contributed by atoms with Crippen molar-refractivity contribution < 1.29 is 33.7 Å². The molecular formula is C28H26Cl2IN3O7. The van der Waals surface area contributed by atoms with Crippen LogP contribution in [0.25, 0.3) is 0 Å². The Labute approximate surface area is 260 Å². The van der Waals surface area contributed by atoms with Crippen LogP contribution in [0.15, 0.2) is 65.8 Å². The number of hydrazone groups is 1. The van der Waals surface area contributed by atoms with Crippen molar-refractivity contribution in [2.24, 2.45) is 5.10 Å². The zero-order chi connectivity index (χ0) is 29.9. The maximum Gasteiger partial charge on any atom is 0.341 e. The molecule has 0 fully saturated rings. The van der Waals surface area contributed by atoms with E-state index in [1.807, 2.05) is 52.9 Å². The highest BCUT2D eigenvalue weighted by Gasteiger charge is 2.25. The second-order valence-corrected chi connectivity index (χ2v) is 10.5. The molecule has 3 N–H and O–H groups in total. The third kappa shape index (κ3) is 9.80. The summed E-state index contributed by atoms with van der Waals surface area (Å²) in [5, 5.41) is 16.3. The Balaban J connectivity index is 1.72. The lowest BCUT2D eigenvalue weighted by Crippen LogP contribution is -2.50. The van der Waals surface area contributed by atoms with E-state index in [0.717, 1.165) is 5.56 Å². The van der Waals surface area contributed by atoms with Crippen LogP contribution < -0.4 is 25.0 Å². The van der Waals surface area contributed by atoms with Crippen molar-refractivity contribution in [3.05, 3.63) is 85.4 Å². The molecule has 2 atom stereocenters. The van der Waals surface area contributed by atoms with Crippen molar-refractivity contribution in [2.45, 2.75) is 25.5 Å². The van der Waals surface area contributed by atoms with Gasteiger partial charge in [0.25, 0.3) is 11.8 Å². The number of nitrogens with zero attached hydrogens (tertiary/aromatic N) is 1. The molecule has 41 heavy (non-hydrogen) atoms. The standard InChI is InChI=1S/C28H26Cl2IN3O7/c1-16(41-23-9-8-19(29)13-20(23)30)27(37)33-22(11-17-6-4-3-5-7-17)28(38)34-32-14-18-10-21(31)26(24(12-18)39-2)40-15-25(35)36/h3-10,12-14,16,22H,11,15H2,1-2H3,(H,33,37)(H,34,38)(H,35,36)/b32-14-/t16-,22+/m1/s1. The second kappa shape index (κ2) is 15.5. The highest BCUT2D eigenvalue weighted by Crippen LogP contribution is 2.33. The zero-order valence-corrected chi connectivity index (χ0v) is 25.6. The number of methoxy groups -OCH3 is 1. The third-order valence-corrected chi connectivity index (χ3v) is 6.79.